The fraction of sp³-hybridized carbons (Fsp3) is 0.316. The molecule has 1 fully saturated rings. The van der Waals surface area contributed by atoms with Crippen LogP contribution in [0.25, 0.3) is 0 Å². The maximum Gasteiger partial charge on any atom is 0.319 e. The highest BCUT2D eigenvalue weighted by Crippen LogP contribution is 2.34. The predicted octanol–water partition coefficient (Wildman–Crippen LogP) is 3.83. The molecule has 0 spiro atoms. The molecule has 132 valence electrons. The van der Waals surface area contributed by atoms with E-state index in [1.165, 1.54) is 24.3 Å². The lowest BCUT2D eigenvalue weighted by molar-refractivity contribution is 0.0508. The molecule has 25 heavy (non-hydrogen) atoms. The highest BCUT2D eigenvalue weighted by atomic mass is 19.1. The zero-order chi connectivity index (χ0) is 17.7. The maximum atomic E-state index is 13.6. The number of para-hydroxylation sites is 1. The van der Waals surface area contributed by atoms with Crippen molar-refractivity contribution in [1.29, 1.82) is 0 Å². The van der Waals surface area contributed by atoms with Crippen LogP contribution in [0.5, 0.6) is 0 Å². The molecule has 2 amide bonds. The van der Waals surface area contributed by atoms with Crippen LogP contribution in [0.4, 0.5) is 19.3 Å². The SMILES string of the molecule is O=C(NCC1(c2ccc(F)cc2)CCOCC1)Nc1ccccc1F. The average Bonchev–Trinajstić information content (AvgIpc) is 2.63. The molecule has 0 unspecified atom stereocenters. The molecule has 2 aromatic carbocycles. The third kappa shape index (κ3) is 4.14. The summed E-state index contributed by atoms with van der Waals surface area (Å²) in [7, 11) is 0. The third-order valence-corrected chi connectivity index (χ3v) is 4.62. The van der Waals surface area contributed by atoms with Crippen LogP contribution in [0.3, 0.4) is 0 Å². The van der Waals surface area contributed by atoms with Gasteiger partial charge in [-0.25, -0.2) is 13.6 Å². The molecule has 0 aliphatic carbocycles. The summed E-state index contributed by atoms with van der Waals surface area (Å²) >= 11 is 0. The minimum absolute atomic E-state index is 0.128. The van der Waals surface area contributed by atoms with Gasteiger partial charge in [-0.05, 0) is 42.7 Å². The lowest BCUT2D eigenvalue weighted by atomic mass is 9.74. The minimum atomic E-state index is -0.489. The summed E-state index contributed by atoms with van der Waals surface area (Å²) in [4.78, 5) is 12.2. The Labute approximate surface area is 145 Å². The van der Waals surface area contributed by atoms with Gasteiger partial charge in [0.15, 0.2) is 0 Å². The highest BCUT2D eigenvalue weighted by Gasteiger charge is 2.34. The molecule has 2 N–H and O–H groups in total. The van der Waals surface area contributed by atoms with Gasteiger partial charge < -0.3 is 15.4 Å². The molecule has 2 aromatic rings. The quantitative estimate of drug-likeness (QED) is 0.884. The van der Waals surface area contributed by atoms with Crippen molar-refractivity contribution in [3.05, 3.63) is 65.7 Å². The Balaban J connectivity index is 1.70. The van der Waals surface area contributed by atoms with Crippen molar-refractivity contribution in [3.8, 4) is 0 Å². The molecule has 1 saturated heterocycles. The van der Waals surface area contributed by atoms with Crippen molar-refractivity contribution in [3.63, 3.8) is 0 Å². The van der Waals surface area contributed by atoms with Gasteiger partial charge in [-0.2, -0.15) is 0 Å². The second kappa shape index (κ2) is 7.61. The second-order valence-electron chi connectivity index (χ2n) is 6.19. The van der Waals surface area contributed by atoms with E-state index >= 15 is 0 Å². The van der Waals surface area contributed by atoms with Gasteiger partial charge in [0, 0.05) is 25.2 Å². The molecule has 6 heteroatoms. The van der Waals surface area contributed by atoms with Gasteiger partial charge in [-0.15, -0.1) is 0 Å². The molecule has 0 radical (unpaired) electrons. The number of nitrogens with one attached hydrogen (secondary N) is 2. The Morgan fingerprint density at radius 2 is 1.72 bits per heavy atom. The minimum Gasteiger partial charge on any atom is -0.381 e. The summed E-state index contributed by atoms with van der Waals surface area (Å²) in [6.07, 6.45) is 1.44. The molecule has 0 atom stereocenters. The molecule has 1 heterocycles. The molecule has 0 aromatic heterocycles. The van der Waals surface area contributed by atoms with Crippen molar-refractivity contribution in [1.82, 2.24) is 5.32 Å². The summed E-state index contributed by atoms with van der Waals surface area (Å²) in [5.41, 5.74) is 0.768. The summed E-state index contributed by atoms with van der Waals surface area (Å²) in [5, 5.41) is 5.33. The normalized spacial score (nSPS) is 16.2. The van der Waals surface area contributed by atoms with Crippen LogP contribution in [-0.2, 0) is 10.2 Å². The fourth-order valence-electron chi connectivity index (χ4n) is 3.11. The number of hydrogen-bond acceptors (Lipinski definition) is 2. The molecular weight excluding hydrogens is 326 g/mol. The Hall–Kier alpha value is -2.47. The number of anilines is 1. The van der Waals surface area contributed by atoms with Crippen LogP contribution in [0.1, 0.15) is 18.4 Å². The lowest BCUT2D eigenvalue weighted by Gasteiger charge is -2.38. The number of urea groups is 1. The third-order valence-electron chi connectivity index (χ3n) is 4.62. The summed E-state index contributed by atoms with van der Waals surface area (Å²) in [6, 6.07) is 11.9. The summed E-state index contributed by atoms with van der Waals surface area (Å²) < 4.78 is 32.3. The first-order valence-corrected chi connectivity index (χ1v) is 8.22. The van der Waals surface area contributed by atoms with Crippen LogP contribution in [-0.4, -0.2) is 25.8 Å². The van der Waals surface area contributed by atoms with E-state index in [9.17, 15) is 13.6 Å². The maximum absolute atomic E-state index is 13.6. The number of benzene rings is 2. The van der Waals surface area contributed by atoms with Gasteiger partial charge in [-0.3, -0.25) is 0 Å². The van der Waals surface area contributed by atoms with E-state index in [2.05, 4.69) is 10.6 Å². The van der Waals surface area contributed by atoms with Gasteiger partial charge in [0.1, 0.15) is 11.6 Å². The van der Waals surface area contributed by atoms with E-state index in [0.717, 1.165) is 18.4 Å². The van der Waals surface area contributed by atoms with Gasteiger partial charge in [0.25, 0.3) is 0 Å². The van der Waals surface area contributed by atoms with Crippen LogP contribution in [0.2, 0.25) is 0 Å². The van der Waals surface area contributed by atoms with Crippen LogP contribution >= 0.6 is 0 Å². The smallest absolute Gasteiger partial charge is 0.319 e. The van der Waals surface area contributed by atoms with Crippen molar-refractivity contribution in [2.75, 3.05) is 25.1 Å². The van der Waals surface area contributed by atoms with Gasteiger partial charge in [-0.1, -0.05) is 24.3 Å². The van der Waals surface area contributed by atoms with Crippen LogP contribution in [0, 0.1) is 11.6 Å². The summed E-state index contributed by atoms with van der Waals surface area (Å²) in [6.45, 7) is 1.52. The molecule has 0 bridgehead atoms. The summed E-state index contributed by atoms with van der Waals surface area (Å²) in [5.74, 6) is -0.784. The Kier molecular flexibility index (Phi) is 5.28. The lowest BCUT2D eigenvalue weighted by Crippen LogP contribution is -2.45. The first-order valence-electron chi connectivity index (χ1n) is 8.22. The highest BCUT2D eigenvalue weighted by molar-refractivity contribution is 5.89. The fourth-order valence-corrected chi connectivity index (χ4v) is 3.11. The van der Waals surface area contributed by atoms with E-state index in [1.807, 2.05) is 0 Å². The van der Waals surface area contributed by atoms with Crippen LogP contribution < -0.4 is 10.6 Å². The van der Waals surface area contributed by atoms with E-state index in [0.29, 0.717) is 19.8 Å². The topological polar surface area (TPSA) is 50.4 Å². The number of carbonyl (C=O) groups is 1. The van der Waals surface area contributed by atoms with Crippen molar-refractivity contribution in [2.24, 2.45) is 0 Å². The van der Waals surface area contributed by atoms with Crippen molar-refractivity contribution in [2.45, 2.75) is 18.3 Å². The standard InChI is InChI=1S/C19H20F2N2O2/c20-15-7-5-14(6-8-15)19(9-11-25-12-10-19)13-22-18(24)23-17-4-2-1-3-16(17)21/h1-8H,9-13H2,(H2,22,23,24). The number of hydrogen-bond donors (Lipinski definition) is 2. The Morgan fingerprint density at radius 1 is 1.04 bits per heavy atom. The van der Waals surface area contributed by atoms with E-state index in [-0.39, 0.29) is 16.9 Å². The first kappa shape index (κ1) is 17.4. The predicted molar refractivity (Wildman–Crippen MR) is 91.6 cm³/mol. The first-order chi connectivity index (χ1) is 12.1. The largest absolute Gasteiger partial charge is 0.381 e. The average molecular weight is 346 g/mol. The second-order valence-corrected chi connectivity index (χ2v) is 6.19. The molecule has 3 rings (SSSR count). The van der Waals surface area contributed by atoms with E-state index in [4.69, 9.17) is 4.74 Å². The zero-order valence-electron chi connectivity index (χ0n) is 13.7. The molecule has 1 aliphatic heterocycles. The van der Waals surface area contributed by atoms with Crippen LogP contribution in [0.15, 0.2) is 48.5 Å². The number of amides is 2. The van der Waals surface area contributed by atoms with Crippen molar-refractivity contribution >= 4 is 11.7 Å². The van der Waals surface area contributed by atoms with Gasteiger partial charge in [0.2, 0.25) is 0 Å². The number of halogens is 2. The molecule has 4 nitrogen and oxygen atoms in total. The Morgan fingerprint density at radius 3 is 2.40 bits per heavy atom. The number of carbonyl (C=O) groups excluding carboxylic acids is 1. The van der Waals surface area contributed by atoms with Gasteiger partial charge >= 0.3 is 6.03 Å². The molecule has 1 aliphatic rings. The Bertz CT molecular complexity index is 728. The molecular formula is C19H20F2N2O2. The molecule has 0 saturated carbocycles. The van der Waals surface area contributed by atoms with E-state index < -0.39 is 11.8 Å². The van der Waals surface area contributed by atoms with Gasteiger partial charge in [0.05, 0.1) is 5.69 Å². The number of rotatable bonds is 4. The monoisotopic (exact) mass is 346 g/mol. The number of ether oxygens (including phenoxy) is 1. The zero-order valence-corrected chi connectivity index (χ0v) is 13.7. The van der Waals surface area contributed by atoms with E-state index in [1.54, 1.807) is 24.3 Å². The van der Waals surface area contributed by atoms with Crippen molar-refractivity contribution < 1.29 is 18.3 Å².